The molecule has 1 aromatic carbocycles. The minimum Gasteiger partial charge on any atom is -0.497 e. The number of halogens is 1. The number of fused-ring (bicyclic) bond motifs is 2. The predicted molar refractivity (Wildman–Crippen MR) is 132 cm³/mol. The summed E-state index contributed by atoms with van der Waals surface area (Å²) >= 11 is 3.39. The monoisotopic (exact) mass is 540 g/mol. The standard InChI is InChI=1S/C23H25BrN8O3/c1-3-4-5-12-30-21-20(31(24)14-25-21)22(33)32-18(27-28-23(30)32)10-11-19-26-17(29-35-19)13-15-6-8-16(34-2)9-7-15/h6-9,14H,3-5,10-13H2,1-2H3. The van der Waals surface area contributed by atoms with Crippen molar-refractivity contribution in [3.63, 3.8) is 0 Å². The smallest absolute Gasteiger partial charge is 0.287 e. The molecule has 0 aliphatic carbocycles. The van der Waals surface area contributed by atoms with Crippen molar-refractivity contribution in [2.45, 2.75) is 52.0 Å². The number of ether oxygens (including phenoxy) is 1. The van der Waals surface area contributed by atoms with Crippen molar-refractivity contribution in [3.05, 3.63) is 64.0 Å². The Labute approximate surface area is 209 Å². The topological polar surface area (TPSA) is 118 Å². The van der Waals surface area contributed by atoms with Crippen LogP contribution in [-0.2, 0) is 25.8 Å². The molecule has 0 unspecified atom stereocenters. The molecule has 11 nitrogen and oxygen atoms in total. The molecule has 0 atom stereocenters. The summed E-state index contributed by atoms with van der Waals surface area (Å²) in [5, 5.41) is 12.8. The van der Waals surface area contributed by atoms with E-state index in [-0.39, 0.29) is 5.56 Å². The van der Waals surface area contributed by atoms with Crippen LogP contribution in [-0.4, -0.2) is 45.0 Å². The average Bonchev–Trinajstić information content (AvgIpc) is 3.59. The van der Waals surface area contributed by atoms with E-state index in [1.807, 2.05) is 28.8 Å². The van der Waals surface area contributed by atoms with Crippen LogP contribution in [0.3, 0.4) is 0 Å². The maximum absolute atomic E-state index is 13.3. The van der Waals surface area contributed by atoms with Gasteiger partial charge in [0.15, 0.2) is 17.0 Å². The highest BCUT2D eigenvalue weighted by Gasteiger charge is 2.20. The molecule has 12 heteroatoms. The summed E-state index contributed by atoms with van der Waals surface area (Å²) in [6.07, 6.45) is 6.13. The molecule has 5 aromatic rings. The molecular weight excluding hydrogens is 516 g/mol. The molecule has 0 bridgehead atoms. The van der Waals surface area contributed by atoms with Gasteiger partial charge in [0.05, 0.1) is 23.3 Å². The zero-order valence-electron chi connectivity index (χ0n) is 19.5. The first-order valence-corrected chi connectivity index (χ1v) is 12.2. The van der Waals surface area contributed by atoms with E-state index in [9.17, 15) is 4.79 Å². The zero-order valence-corrected chi connectivity index (χ0v) is 21.1. The fourth-order valence-corrected chi connectivity index (χ4v) is 4.49. The second-order valence-electron chi connectivity index (χ2n) is 8.27. The molecule has 4 heterocycles. The molecule has 0 N–H and O–H groups in total. The Hall–Kier alpha value is -3.54. The molecule has 4 aromatic heterocycles. The van der Waals surface area contributed by atoms with Crippen LogP contribution < -0.4 is 10.3 Å². The van der Waals surface area contributed by atoms with E-state index in [2.05, 4.69) is 48.4 Å². The van der Waals surface area contributed by atoms with Crippen molar-refractivity contribution in [1.29, 1.82) is 0 Å². The lowest BCUT2D eigenvalue weighted by Gasteiger charge is -2.09. The third-order valence-corrected chi connectivity index (χ3v) is 6.44. The van der Waals surface area contributed by atoms with Gasteiger partial charge in [0.1, 0.15) is 17.9 Å². The van der Waals surface area contributed by atoms with Crippen molar-refractivity contribution in [3.8, 4) is 5.75 Å². The normalized spacial score (nSPS) is 11.6. The van der Waals surface area contributed by atoms with Gasteiger partial charge in [-0.1, -0.05) is 37.1 Å². The van der Waals surface area contributed by atoms with E-state index >= 15 is 0 Å². The summed E-state index contributed by atoms with van der Waals surface area (Å²) in [7, 11) is 1.64. The van der Waals surface area contributed by atoms with Crippen molar-refractivity contribution in [2.24, 2.45) is 0 Å². The molecule has 0 amide bonds. The van der Waals surface area contributed by atoms with Gasteiger partial charge in [0.25, 0.3) is 5.56 Å². The number of nitrogens with zero attached hydrogens (tertiary/aromatic N) is 8. The van der Waals surface area contributed by atoms with Gasteiger partial charge in [-0.15, -0.1) is 10.2 Å². The number of aromatic nitrogens is 8. The van der Waals surface area contributed by atoms with Crippen molar-refractivity contribution >= 4 is 33.1 Å². The minimum absolute atomic E-state index is 0.221. The van der Waals surface area contributed by atoms with Crippen LogP contribution in [0.2, 0.25) is 0 Å². The number of hydrogen-bond acceptors (Lipinski definition) is 8. The van der Waals surface area contributed by atoms with Crippen LogP contribution in [0, 0.1) is 0 Å². The number of benzene rings is 1. The number of rotatable bonds is 10. The number of methoxy groups -OCH3 is 1. The molecule has 182 valence electrons. The Bertz CT molecular complexity index is 1520. The van der Waals surface area contributed by atoms with Gasteiger partial charge in [-0.05, 0) is 24.1 Å². The summed E-state index contributed by atoms with van der Waals surface area (Å²) < 4.78 is 15.7. The summed E-state index contributed by atoms with van der Waals surface area (Å²) in [5.74, 6) is 2.91. The van der Waals surface area contributed by atoms with E-state index in [0.29, 0.717) is 60.3 Å². The molecule has 0 radical (unpaired) electrons. The molecule has 5 rings (SSSR count). The SMILES string of the molecule is CCCCCn1c2ncn(Br)c2c(=O)n2c(CCc3nc(Cc4ccc(OC)cc4)no3)nnc12. The van der Waals surface area contributed by atoms with Crippen molar-refractivity contribution in [1.82, 2.24) is 37.9 Å². The van der Waals surface area contributed by atoms with Crippen LogP contribution >= 0.6 is 16.1 Å². The first kappa shape index (κ1) is 23.2. The Morgan fingerprint density at radius 1 is 1.11 bits per heavy atom. The molecule has 0 aliphatic rings. The minimum atomic E-state index is -0.221. The van der Waals surface area contributed by atoms with Crippen molar-refractivity contribution < 1.29 is 9.26 Å². The van der Waals surface area contributed by atoms with E-state index in [4.69, 9.17) is 9.26 Å². The van der Waals surface area contributed by atoms with Crippen LogP contribution in [0.25, 0.3) is 16.9 Å². The summed E-state index contributed by atoms with van der Waals surface area (Å²) in [6.45, 7) is 2.85. The lowest BCUT2D eigenvalue weighted by atomic mass is 10.1. The summed E-state index contributed by atoms with van der Waals surface area (Å²) in [5.41, 5.74) is 1.88. The lowest BCUT2D eigenvalue weighted by Crippen LogP contribution is -2.22. The van der Waals surface area contributed by atoms with Gasteiger partial charge in [0.2, 0.25) is 11.7 Å². The zero-order chi connectivity index (χ0) is 24.4. The number of unbranched alkanes of at least 4 members (excludes halogenated alkanes) is 2. The molecule has 0 saturated carbocycles. The molecule has 0 saturated heterocycles. The van der Waals surface area contributed by atoms with Crippen molar-refractivity contribution in [2.75, 3.05) is 7.11 Å². The Morgan fingerprint density at radius 3 is 2.71 bits per heavy atom. The highest BCUT2D eigenvalue weighted by molar-refractivity contribution is 9.08. The van der Waals surface area contributed by atoms with Crippen LogP contribution in [0.15, 0.2) is 39.9 Å². The fourth-order valence-electron chi connectivity index (χ4n) is 4.09. The summed E-state index contributed by atoms with van der Waals surface area (Å²) in [6, 6.07) is 7.74. The predicted octanol–water partition coefficient (Wildman–Crippen LogP) is 3.36. The van der Waals surface area contributed by atoms with Gasteiger partial charge >= 0.3 is 0 Å². The largest absolute Gasteiger partial charge is 0.497 e. The van der Waals surface area contributed by atoms with E-state index in [1.54, 1.807) is 21.4 Å². The highest BCUT2D eigenvalue weighted by Crippen LogP contribution is 2.17. The molecule has 0 aliphatic heterocycles. The summed E-state index contributed by atoms with van der Waals surface area (Å²) in [4.78, 5) is 22.2. The quantitative estimate of drug-likeness (QED) is 0.247. The van der Waals surface area contributed by atoms with Gasteiger partial charge in [-0.25, -0.2) is 9.38 Å². The number of imidazole rings is 1. The van der Waals surface area contributed by atoms with E-state index < -0.39 is 0 Å². The van der Waals surface area contributed by atoms with Gasteiger partial charge in [0, 0.05) is 25.8 Å². The van der Waals surface area contributed by atoms with Gasteiger partial charge in [-0.2, -0.15) is 4.98 Å². The highest BCUT2D eigenvalue weighted by atomic mass is 79.9. The molecule has 35 heavy (non-hydrogen) atoms. The van der Waals surface area contributed by atoms with E-state index in [1.165, 1.54) is 0 Å². The third-order valence-electron chi connectivity index (χ3n) is 5.90. The molecule has 0 spiro atoms. The maximum Gasteiger partial charge on any atom is 0.287 e. The molecule has 0 fully saturated rings. The van der Waals surface area contributed by atoms with Gasteiger partial charge in [-0.3, -0.25) is 13.0 Å². The van der Waals surface area contributed by atoms with Gasteiger partial charge < -0.3 is 9.26 Å². The Balaban J connectivity index is 1.38. The lowest BCUT2D eigenvalue weighted by molar-refractivity contribution is 0.373. The van der Waals surface area contributed by atoms with Crippen LogP contribution in [0.5, 0.6) is 5.75 Å². The first-order chi connectivity index (χ1) is 17.1. The Kier molecular flexibility index (Phi) is 6.62. The first-order valence-electron chi connectivity index (χ1n) is 11.5. The Morgan fingerprint density at radius 2 is 1.94 bits per heavy atom. The third kappa shape index (κ3) is 4.57. The maximum atomic E-state index is 13.3. The van der Waals surface area contributed by atoms with Crippen LogP contribution in [0.4, 0.5) is 0 Å². The average molecular weight is 541 g/mol. The second-order valence-corrected chi connectivity index (χ2v) is 9.04. The molecular formula is C23H25BrN8O3. The fraction of sp³-hybridized carbons (Fsp3) is 0.391. The van der Waals surface area contributed by atoms with E-state index in [0.717, 1.165) is 30.6 Å². The number of hydrogen-bond donors (Lipinski definition) is 0. The second kappa shape index (κ2) is 9.98. The number of aryl methyl sites for hydroxylation is 3. The van der Waals surface area contributed by atoms with Crippen LogP contribution in [0.1, 0.15) is 49.3 Å².